The molecule has 1 heterocycles. The van der Waals surface area contributed by atoms with E-state index < -0.39 is 146 Å². The van der Waals surface area contributed by atoms with Crippen LogP contribution < -0.4 is 53.6 Å². The van der Waals surface area contributed by atoms with E-state index in [0.29, 0.717) is 115 Å². The highest BCUT2D eigenvalue weighted by atomic mass is 16.6. The number of carboxylic acid groups (broad SMARTS) is 3. The van der Waals surface area contributed by atoms with Crippen LogP contribution in [0, 0.1) is 17.8 Å². The predicted octanol–water partition coefficient (Wildman–Crippen LogP) is -0.00770. The average molecular weight is 1460 g/mol. The van der Waals surface area contributed by atoms with Gasteiger partial charge in [0, 0.05) is 43.1 Å². The first-order valence-electron chi connectivity index (χ1n) is 34.8. The van der Waals surface area contributed by atoms with Gasteiger partial charge in [0.2, 0.25) is 53.2 Å². The van der Waals surface area contributed by atoms with Crippen molar-refractivity contribution in [3.05, 3.63) is 47.5 Å². The smallest absolute Gasteiger partial charge is 0.326 e. The van der Waals surface area contributed by atoms with E-state index in [2.05, 4.69) is 47.9 Å². The Labute approximate surface area is 599 Å². The summed E-state index contributed by atoms with van der Waals surface area (Å²) in [6.45, 7) is 16.6. The minimum Gasteiger partial charge on any atom is -0.481 e. The molecule has 8 atom stereocenters. The predicted molar refractivity (Wildman–Crippen MR) is 373 cm³/mol. The number of hydrogen-bond acceptors (Lipinski definition) is 22. The fraction of sp³-hybridized carbons (Fsp3) is 0.652. The lowest BCUT2D eigenvalue weighted by molar-refractivity contribution is -0.144. The molecule has 34 heteroatoms. The topological polar surface area (TPSA) is 487 Å². The number of hydrogen-bond donors (Lipinski definition) is 13. The lowest BCUT2D eigenvalue weighted by Crippen LogP contribution is -2.58. The minimum absolute atomic E-state index is 0.0400. The molecule has 0 spiro atoms. The number of fused-ring (bicyclic) bond motifs is 3. The Bertz CT molecular complexity index is 3150. The van der Waals surface area contributed by atoms with E-state index in [1.54, 1.807) is 40.7 Å². The van der Waals surface area contributed by atoms with E-state index in [0.717, 1.165) is 16.3 Å². The molecule has 0 radical (unpaired) electrons. The highest BCUT2D eigenvalue weighted by molar-refractivity contribution is 6.07. The number of carbonyl (C=O) groups excluding carboxylic acids is 9. The Balaban J connectivity index is 1.42. The number of aliphatic carboxylic acids is 3. The zero-order valence-corrected chi connectivity index (χ0v) is 60.2. The van der Waals surface area contributed by atoms with E-state index in [1.807, 2.05) is 37.3 Å². The van der Waals surface area contributed by atoms with Crippen molar-refractivity contribution >= 4 is 93.0 Å². The molecule has 3 aromatic rings. The maximum absolute atomic E-state index is 13.7. The number of carbonyl (C=O) groups is 12. The maximum atomic E-state index is 13.7. The third-order valence-corrected chi connectivity index (χ3v) is 16.1. The van der Waals surface area contributed by atoms with Crippen molar-refractivity contribution in [2.45, 2.75) is 143 Å². The first-order chi connectivity index (χ1) is 49.3. The molecule has 2 aromatic carbocycles. The second kappa shape index (κ2) is 50.8. The monoisotopic (exact) mass is 1460 g/mol. The molecule has 14 N–H and O–H groups in total. The number of nitrogens with two attached hydrogens (primary N) is 1. The molecule has 0 aliphatic carbocycles. The summed E-state index contributed by atoms with van der Waals surface area (Å²) in [7, 11) is 0. The Hall–Kier alpha value is -8.48. The highest BCUT2D eigenvalue weighted by Gasteiger charge is 2.35. The third-order valence-electron chi connectivity index (χ3n) is 16.1. The van der Waals surface area contributed by atoms with E-state index in [9.17, 15) is 72.9 Å². The second-order valence-electron chi connectivity index (χ2n) is 24.5. The van der Waals surface area contributed by atoms with E-state index in [-0.39, 0.29) is 70.5 Å². The summed E-state index contributed by atoms with van der Waals surface area (Å²) < 4.78 is 49.7. The Morgan fingerprint density at radius 2 is 0.893 bits per heavy atom. The van der Waals surface area contributed by atoms with Crippen molar-refractivity contribution in [3.63, 3.8) is 0 Å². The maximum Gasteiger partial charge on any atom is 0.326 e. The number of para-hydroxylation sites is 2. The van der Waals surface area contributed by atoms with Crippen molar-refractivity contribution in [1.29, 1.82) is 0 Å². The number of nitrogens with one attached hydrogen (secondary N) is 9. The van der Waals surface area contributed by atoms with E-state index in [1.165, 1.54) is 6.92 Å². The number of carboxylic acids is 3. The van der Waals surface area contributed by atoms with Crippen LogP contribution in [0.2, 0.25) is 0 Å². The van der Waals surface area contributed by atoms with Crippen LogP contribution in [0.4, 0.5) is 0 Å². The normalized spacial score (nSPS) is 13.7. The summed E-state index contributed by atoms with van der Waals surface area (Å²) in [6.07, 6.45) is -0.802. The van der Waals surface area contributed by atoms with Crippen LogP contribution in [-0.4, -0.2) is 255 Å². The molecule has 578 valence electrons. The van der Waals surface area contributed by atoms with E-state index >= 15 is 0 Å². The first kappa shape index (κ1) is 88.7. The number of furan rings is 1. The van der Waals surface area contributed by atoms with Gasteiger partial charge < -0.3 is 111 Å². The number of aryl methyl sites for hydroxylation is 1. The van der Waals surface area contributed by atoms with Gasteiger partial charge in [-0.25, -0.2) is 4.79 Å². The Morgan fingerprint density at radius 1 is 0.427 bits per heavy atom. The van der Waals surface area contributed by atoms with Gasteiger partial charge in [-0.2, -0.15) is 0 Å². The number of ether oxygens (including phenoxy) is 8. The molecular formula is C69H108N10O24. The molecule has 0 unspecified atom stereocenters. The molecule has 0 fully saturated rings. The van der Waals surface area contributed by atoms with Crippen molar-refractivity contribution in [2.24, 2.45) is 23.5 Å². The quantitative estimate of drug-likeness (QED) is 0.0331. The summed E-state index contributed by atoms with van der Waals surface area (Å²) in [5, 5.41) is 52.9. The summed E-state index contributed by atoms with van der Waals surface area (Å²) in [4.78, 5) is 154. The lowest BCUT2D eigenvalue weighted by Gasteiger charge is -2.28. The number of rotatable bonds is 58. The van der Waals surface area contributed by atoms with Gasteiger partial charge in [-0.1, -0.05) is 90.8 Å². The third kappa shape index (κ3) is 35.5. The molecule has 0 aliphatic heterocycles. The van der Waals surface area contributed by atoms with Gasteiger partial charge in [-0.3, -0.25) is 52.7 Å². The van der Waals surface area contributed by atoms with Crippen LogP contribution in [0.3, 0.4) is 0 Å². The van der Waals surface area contributed by atoms with Crippen molar-refractivity contribution in [3.8, 4) is 0 Å². The lowest BCUT2D eigenvalue weighted by atomic mass is 9.95. The first-order valence-corrected chi connectivity index (χ1v) is 34.8. The summed E-state index contributed by atoms with van der Waals surface area (Å²) in [5.41, 5.74) is 7.82. The van der Waals surface area contributed by atoms with E-state index in [4.69, 9.17) is 48.0 Å². The van der Waals surface area contributed by atoms with Gasteiger partial charge >= 0.3 is 17.9 Å². The van der Waals surface area contributed by atoms with Gasteiger partial charge in [0.15, 0.2) is 0 Å². The molecule has 0 bridgehead atoms. The molecular weight excluding hydrogens is 1350 g/mol. The molecule has 1 aromatic heterocycles. The van der Waals surface area contributed by atoms with Gasteiger partial charge in [0.25, 0.3) is 0 Å². The fourth-order valence-electron chi connectivity index (χ4n) is 9.92. The number of benzene rings is 2. The van der Waals surface area contributed by atoms with Crippen LogP contribution in [0.15, 0.2) is 40.8 Å². The van der Waals surface area contributed by atoms with Crippen molar-refractivity contribution < 1.29 is 115 Å². The summed E-state index contributed by atoms with van der Waals surface area (Å²) >= 11 is 0. The van der Waals surface area contributed by atoms with Crippen LogP contribution in [0.1, 0.15) is 105 Å². The van der Waals surface area contributed by atoms with Gasteiger partial charge in [0.1, 0.15) is 47.4 Å². The zero-order chi connectivity index (χ0) is 76.1. The largest absolute Gasteiger partial charge is 0.481 e. The molecule has 103 heavy (non-hydrogen) atoms. The molecule has 0 saturated carbocycles. The Kier molecular flexibility index (Phi) is 43.8. The molecule has 0 aliphatic rings. The highest BCUT2D eigenvalue weighted by Crippen LogP contribution is 2.33. The molecule has 9 amide bonds. The van der Waals surface area contributed by atoms with Crippen molar-refractivity contribution in [1.82, 2.24) is 47.9 Å². The summed E-state index contributed by atoms with van der Waals surface area (Å²) in [6, 6.07) is 2.96. The minimum atomic E-state index is -1.80. The van der Waals surface area contributed by atoms with Crippen LogP contribution >= 0.6 is 0 Å². The standard InChI is InChI=1S/C69H108N10O24/c1-8-44(5)60(68(92)79-61(69(93)94)45(6)9-2)78-64(88)46(7)74-56(83)42-72-53(80)18-16-47-12-10-14-49-50-15-11-13-48(63(50)103-62(47)49)20-23-71-55(82)41-73-67(91)59(43(3)4)77-66(90)52(40-58(86)87)76-65(89)51(17-19-57(84)85)75-54(81)21-24-95-26-28-97-30-32-99-34-36-101-38-39-102-37-35-100-33-31-98-29-27-96-25-22-70/h10-15,43-46,51-52,59-61H,8-9,16-42,70H2,1-7H3,(H,71,82)(H,72,80)(H,73,91)(H,74,83)(H,75,81)(H,76,89)(H,77,90)(H,78,88)(H,79,92)(H,84,85)(H,86,87)(H,93,94)/t44-,45-,46-,51-,52-,59-,60-,61-/m0/s1. The molecule has 0 saturated heterocycles. The second-order valence-corrected chi connectivity index (χ2v) is 24.5. The molecule has 3 rings (SSSR count). The van der Waals surface area contributed by atoms with Crippen LogP contribution in [0.25, 0.3) is 21.9 Å². The zero-order valence-electron chi connectivity index (χ0n) is 60.2. The number of amides is 9. The van der Waals surface area contributed by atoms with Crippen LogP contribution in [-0.2, 0) is 108 Å². The SMILES string of the molecule is CC[C@H](C)[C@H](NC(=O)[C@@H](NC(=O)[C@H](C)NC(=O)CNC(=O)CCc1cccc2c1oc1c(CCNC(=O)CNC(=O)[C@@H](NC(=O)[C@H](CC(=O)O)NC(=O)[C@H](CCC(=O)O)NC(=O)CCOCCOCCOCCOCCOCCOCCOCCOCCN)C(C)C)cccc12)[C@@H](C)CC)C(=O)O. The average Bonchev–Trinajstić information content (AvgIpc) is 1.62. The molecule has 34 nitrogen and oxygen atoms in total. The van der Waals surface area contributed by atoms with Crippen LogP contribution in [0.5, 0.6) is 0 Å². The van der Waals surface area contributed by atoms with Gasteiger partial charge in [0.05, 0.1) is 125 Å². The summed E-state index contributed by atoms with van der Waals surface area (Å²) in [5.74, 6) is -12.1. The fourth-order valence-corrected chi connectivity index (χ4v) is 9.92. The van der Waals surface area contributed by atoms with Gasteiger partial charge in [-0.15, -0.1) is 0 Å². The van der Waals surface area contributed by atoms with Gasteiger partial charge in [-0.05, 0) is 55.1 Å². The van der Waals surface area contributed by atoms with Crippen molar-refractivity contribution in [2.75, 3.05) is 132 Å². The Morgan fingerprint density at radius 3 is 1.38 bits per heavy atom.